The van der Waals surface area contributed by atoms with Crippen molar-refractivity contribution in [3.63, 3.8) is 0 Å². The molecular formula is C15H27N3. The molecule has 102 valence electrons. The first-order valence-corrected chi connectivity index (χ1v) is 7.60. The zero-order valence-electron chi connectivity index (χ0n) is 11.7. The number of nitrogens with one attached hydrogen (secondary N) is 1. The molecule has 0 radical (unpaired) electrons. The topological polar surface area (TPSA) is 29.9 Å². The summed E-state index contributed by atoms with van der Waals surface area (Å²) in [5.41, 5.74) is 1.23. The highest BCUT2D eigenvalue weighted by Gasteiger charge is 2.14. The van der Waals surface area contributed by atoms with Gasteiger partial charge in [-0.15, -0.1) is 0 Å². The summed E-state index contributed by atoms with van der Waals surface area (Å²) in [5.74, 6) is 0.974. The number of aromatic nitrogens is 2. The average molecular weight is 249 g/mol. The third-order valence-corrected chi connectivity index (χ3v) is 3.94. The maximum Gasteiger partial charge on any atom is 0.0949 e. The van der Waals surface area contributed by atoms with Crippen LogP contribution in [0.25, 0.3) is 0 Å². The average Bonchev–Trinajstić information content (AvgIpc) is 3.03. The number of imidazole rings is 1. The van der Waals surface area contributed by atoms with E-state index in [0.717, 1.165) is 32.0 Å². The van der Waals surface area contributed by atoms with Crippen molar-refractivity contribution in [3.05, 3.63) is 18.2 Å². The Kier molecular flexibility index (Phi) is 5.72. The van der Waals surface area contributed by atoms with Crippen molar-refractivity contribution in [2.24, 2.45) is 5.92 Å². The van der Waals surface area contributed by atoms with Gasteiger partial charge in [-0.05, 0) is 25.3 Å². The molecule has 0 bridgehead atoms. The van der Waals surface area contributed by atoms with Crippen molar-refractivity contribution in [1.29, 1.82) is 0 Å². The highest BCUT2D eigenvalue weighted by Crippen LogP contribution is 2.27. The van der Waals surface area contributed by atoms with E-state index < -0.39 is 0 Å². The van der Waals surface area contributed by atoms with Gasteiger partial charge >= 0.3 is 0 Å². The van der Waals surface area contributed by atoms with Gasteiger partial charge in [-0.25, -0.2) is 4.98 Å². The molecule has 18 heavy (non-hydrogen) atoms. The number of hydrogen-bond acceptors (Lipinski definition) is 2. The molecule has 0 amide bonds. The molecular weight excluding hydrogens is 222 g/mol. The van der Waals surface area contributed by atoms with Crippen LogP contribution in [0, 0.1) is 5.92 Å². The van der Waals surface area contributed by atoms with E-state index in [1.165, 1.54) is 44.2 Å². The normalized spacial score (nSPS) is 16.5. The molecule has 3 nitrogen and oxygen atoms in total. The van der Waals surface area contributed by atoms with Gasteiger partial charge in [0.05, 0.1) is 12.0 Å². The lowest BCUT2D eigenvalue weighted by Gasteiger charge is -2.08. The van der Waals surface area contributed by atoms with Crippen LogP contribution in [0.5, 0.6) is 0 Å². The zero-order valence-corrected chi connectivity index (χ0v) is 11.7. The maximum absolute atomic E-state index is 4.48. The van der Waals surface area contributed by atoms with Crippen LogP contribution in [-0.4, -0.2) is 22.6 Å². The van der Waals surface area contributed by atoms with Crippen LogP contribution < -0.4 is 5.32 Å². The molecule has 1 aliphatic rings. The summed E-state index contributed by atoms with van der Waals surface area (Å²) >= 11 is 0. The van der Waals surface area contributed by atoms with Gasteiger partial charge in [-0.1, -0.05) is 32.6 Å². The Labute approximate surface area is 111 Å². The van der Waals surface area contributed by atoms with Gasteiger partial charge in [0.1, 0.15) is 0 Å². The maximum atomic E-state index is 4.48. The van der Waals surface area contributed by atoms with E-state index in [9.17, 15) is 0 Å². The zero-order chi connectivity index (χ0) is 12.6. The molecule has 0 aliphatic heterocycles. The van der Waals surface area contributed by atoms with E-state index in [0.29, 0.717) is 0 Å². The lowest BCUT2D eigenvalue weighted by molar-refractivity contribution is 0.458. The monoisotopic (exact) mass is 249 g/mol. The Morgan fingerprint density at radius 1 is 1.33 bits per heavy atom. The van der Waals surface area contributed by atoms with Crippen LogP contribution in [0.3, 0.4) is 0 Å². The first-order chi connectivity index (χ1) is 8.88. The SMILES string of the molecule is CCCNCCc1cn(CCC2CCCC2)cn1. The molecule has 1 aromatic heterocycles. The number of nitrogens with zero attached hydrogens (tertiary/aromatic N) is 2. The van der Waals surface area contributed by atoms with Crippen LogP contribution >= 0.6 is 0 Å². The van der Waals surface area contributed by atoms with Crippen molar-refractivity contribution in [1.82, 2.24) is 14.9 Å². The van der Waals surface area contributed by atoms with Crippen molar-refractivity contribution < 1.29 is 0 Å². The van der Waals surface area contributed by atoms with Gasteiger partial charge in [-0.3, -0.25) is 0 Å². The predicted molar refractivity (Wildman–Crippen MR) is 75.7 cm³/mol. The fourth-order valence-corrected chi connectivity index (χ4v) is 2.81. The minimum absolute atomic E-state index is 0.974. The number of hydrogen-bond donors (Lipinski definition) is 1. The van der Waals surface area contributed by atoms with E-state index in [4.69, 9.17) is 0 Å². The molecule has 0 unspecified atom stereocenters. The van der Waals surface area contributed by atoms with Crippen LogP contribution in [0.2, 0.25) is 0 Å². The fraction of sp³-hybridized carbons (Fsp3) is 0.800. The van der Waals surface area contributed by atoms with Crippen molar-refractivity contribution >= 4 is 0 Å². The summed E-state index contributed by atoms with van der Waals surface area (Å²) in [6.45, 7) is 5.51. The highest BCUT2D eigenvalue weighted by molar-refractivity contribution is 4.97. The Bertz CT molecular complexity index is 326. The van der Waals surface area contributed by atoms with E-state index in [2.05, 4.69) is 28.0 Å². The summed E-state index contributed by atoms with van der Waals surface area (Å²) in [5, 5.41) is 3.42. The summed E-state index contributed by atoms with van der Waals surface area (Å²) in [6.07, 6.45) is 13.6. The van der Waals surface area contributed by atoms with Crippen molar-refractivity contribution in [2.45, 2.75) is 58.4 Å². The third-order valence-electron chi connectivity index (χ3n) is 3.94. The van der Waals surface area contributed by atoms with E-state index in [1.54, 1.807) is 0 Å². The molecule has 0 aromatic carbocycles. The standard InChI is InChI=1S/C15H27N3/c1-2-9-16-10-7-15-12-18(13-17-15)11-8-14-5-3-4-6-14/h12-14,16H,2-11H2,1H3. The first kappa shape index (κ1) is 13.6. The van der Waals surface area contributed by atoms with Gasteiger partial charge in [-0.2, -0.15) is 0 Å². The molecule has 1 N–H and O–H groups in total. The second-order valence-corrected chi connectivity index (χ2v) is 5.54. The first-order valence-electron chi connectivity index (χ1n) is 7.60. The fourth-order valence-electron chi connectivity index (χ4n) is 2.81. The second kappa shape index (κ2) is 7.57. The smallest absolute Gasteiger partial charge is 0.0949 e. The molecule has 3 heteroatoms. The minimum Gasteiger partial charge on any atom is -0.337 e. The van der Waals surface area contributed by atoms with E-state index in [1.807, 2.05) is 6.33 Å². The number of aryl methyl sites for hydroxylation is 1. The van der Waals surface area contributed by atoms with Crippen molar-refractivity contribution in [2.75, 3.05) is 13.1 Å². The molecule has 2 rings (SSSR count). The molecule has 1 heterocycles. The number of rotatable bonds is 8. The lowest BCUT2D eigenvalue weighted by Crippen LogP contribution is -2.17. The minimum atomic E-state index is 0.974. The Hall–Kier alpha value is -0.830. The Balaban J connectivity index is 1.65. The quantitative estimate of drug-likeness (QED) is 0.718. The van der Waals surface area contributed by atoms with Gasteiger partial charge in [0, 0.05) is 25.7 Å². The molecule has 1 aromatic rings. The highest BCUT2D eigenvalue weighted by atomic mass is 15.0. The Morgan fingerprint density at radius 3 is 2.94 bits per heavy atom. The van der Waals surface area contributed by atoms with Gasteiger partial charge in [0.15, 0.2) is 0 Å². The molecule has 1 fully saturated rings. The predicted octanol–water partition coefficient (Wildman–Crippen LogP) is 3.01. The van der Waals surface area contributed by atoms with Gasteiger partial charge < -0.3 is 9.88 Å². The summed E-state index contributed by atoms with van der Waals surface area (Å²) in [7, 11) is 0. The van der Waals surface area contributed by atoms with Crippen LogP contribution in [-0.2, 0) is 13.0 Å². The van der Waals surface area contributed by atoms with E-state index >= 15 is 0 Å². The van der Waals surface area contributed by atoms with Crippen LogP contribution in [0.4, 0.5) is 0 Å². The second-order valence-electron chi connectivity index (χ2n) is 5.54. The largest absolute Gasteiger partial charge is 0.337 e. The lowest BCUT2D eigenvalue weighted by atomic mass is 10.0. The Morgan fingerprint density at radius 2 is 2.17 bits per heavy atom. The summed E-state index contributed by atoms with van der Waals surface area (Å²) in [6, 6.07) is 0. The van der Waals surface area contributed by atoms with Crippen LogP contribution in [0.15, 0.2) is 12.5 Å². The molecule has 1 saturated carbocycles. The van der Waals surface area contributed by atoms with Gasteiger partial charge in [0.2, 0.25) is 0 Å². The molecule has 0 atom stereocenters. The third kappa shape index (κ3) is 4.45. The van der Waals surface area contributed by atoms with E-state index in [-0.39, 0.29) is 0 Å². The van der Waals surface area contributed by atoms with Crippen LogP contribution in [0.1, 0.15) is 51.1 Å². The van der Waals surface area contributed by atoms with Gasteiger partial charge in [0.25, 0.3) is 0 Å². The molecule has 0 saturated heterocycles. The summed E-state index contributed by atoms with van der Waals surface area (Å²) < 4.78 is 2.27. The van der Waals surface area contributed by atoms with Crippen molar-refractivity contribution in [3.8, 4) is 0 Å². The molecule has 1 aliphatic carbocycles. The summed E-state index contributed by atoms with van der Waals surface area (Å²) in [4.78, 5) is 4.48. The molecule has 0 spiro atoms.